The molecule has 0 unspecified atom stereocenters. The number of Topliss-reactive ketones (excluding diaryl/α,β-unsaturated/α-hetero) is 1. The van der Waals surface area contributed by atoms with Crippen LogP contribution in [-0.2, 0) is 10.3 Å². The van der Waals surface area contributed by atoms with Crippen LogP contribution in [0.5, 0.6) is 11.5 Å². The number of carbonyl (C=O) groups is 2. The maximum absolute atomic E-state index is 12.4. The number of amides is 1. The molecule has 1 aromatic carbocycles. The monoisotopic (exact) mass is 373 g/mol. The second-order valence-electron chi connectivity index (χ2n) is 6.99. The summed E-state index contributed by atoms with van der Waals surface area (Å²) in [6, 6.07) is 7.54. The summed E-state index contributed by atoms with van der Waals surface area (Å²) in [5.74, 6) is 1.26. The van der Waals surface area contributed by atoms with Gasteiger partial charge in [-0.2, -0.15) is 0 Å². The normalized spacial score (nSPS) is 12.9. The fourth-order valence-electron chi connectivity index (χ4n) is 3.04. The van der Waals surface area contributed by atoms with Gasteiger partial charge < -0.3 is 14.8 Å². The van der Waals surface area contributed by atoms with Crippen molar-refractivity contribution in [1.29, 1.82) is 0 Å². The van der Waals surface area contributed by atoms with Crippen LogP contribution in [0.1, 0.15) is 52.4 Å². The Bertz CT molecular complexity index is 853. The molecule has 0 saturated carbocycles. The van der Waals surface area contributed by atoms with Crippen LogP contribution in [0.2, 0.25) is 0 Å². The summed E-state index contributed by atoms with van der Waals surface area (Å²) in [6.07, 6.45) is 0.376. The van der Waals surface area contributed by atoms with Gasteiger partial charge in [-0.3, -0.25) is 9.59 Å². The van der Waals surface area contributed by atoms with Gasteiger partial charge in [0.05, 0.1) is 5.54 Å². The zero-order valence-electron chi connectivity index (χ0n) is 15.5. The van der Waals surface area contributed by atoms with Crippen molar-refractivity contribution in [2.75, 3.05) is 6.79 Å². The highest BCUT2D eigenvalue weighted by molar-refractivity contribution is 7.12. The summed E-state index contributed by atoms with van der Waals surface area (Å²) < 4.78 is 10.7. The van der Waals surface area contributed by atoms with Gasteiger partial charge in [0.1, 0.15) is 0 Å². The molecule has 3 rings (SSSR count). The van der Waals surface area contributed by atoms with Crippen LogP contribution in [0.3, 0.4) is 0 Å². The van der Waals surface area contributed by atoms with Crippen molar-refractivity contribution in [3.8, 4) is 11.5 Å². The largest absolute Gasteiger partial charge is 0.454 e. The van der Waals surface area contributed by atoms with Crippen LogP contribution in [0.15, 0.2) is 24.3 Å². The van der Waals surface area contributed by atoms with Gasteiger partial charge in [0.15, 0.2) is 17.3 Å². The molecule has 0 bridgehead atoms. The minimum Gasteiger partial charge on any atom is -0.454 e. The summed E-state index contributed by atoms with van der Waals surface area (Å²) in [6.45, 7) is 7.99. The molecular weight excluding hydrogens is 350 g/mol. The summed E-state index contributed by atoms with van der Waals surface area (Å²) in [5.41, 5.74) is 1.08. The molecule has 1 aromatic heterocycles. The minimum absolute atomic E-state index is 0.0166. The Morgan fingerprint density at radius 3 is 2.54 bits per heavy atom. The minimum atomic E-state index is -0.573. The van der Waals surface area contributed by atoms with Gasteiger partial charge in [-0.1, -0.05) is 6.07 Å². The molecule has 2 heterocycles. The van der Waals surface area contributed by atoms with Crippen molar-refractivity contribution >= 4 is 23.0 Å². The highest BCUT2D eigenvalue weighted by Crippen LogP contribution is 2.35. The number of thiophene rings is 1. The van der Waals surface area contributed by atoms with E-state index in [1.807, 2.05) is 52.0 Å². The Morgan fingerprint density at radius 1 is 1.12 bits per heavy atom. The van der Waals surface area contributed by atoms with E-state index in [9.17, 15) is 9.59 Å². The van der Waals surface area contributed by atoms with E-state index in [1.165, 1.54) is 0 Å². The second-order valence-corrected chi connectivity index (χ2v) is 8.45. The van der Waals surface area contributed by atoms with Gasteiger partial charge >= 0.3 is 0 Å². The second kappa shape index (κ2) is 7.11. The Kier molecular flexibility index (Phi) is 5.05. The van der Waals surface area contributed by atoms with Gasteiger partial charge in [0.2, 0.25) is 12.7 Å². The molecule has 1 amide bonds. The topological polar surface area (TPSA) is 64.6 Å². The Hall–Kier alpha value is -2.34. The Labute approximate surface area is 157 Å². The molecule has 1 aliphatic rings. The molecule has 0 saturated heterocycles. The zero-order valence-corrected chi connectivity index (χ0v) is 16.3. The molecule has 0 atom stereocenters. The number of benzene rings is 1. The van der Waals surface area contributed by atoms with E-state index in [2.05, 4.69) is 5.32 Å². The zero-order chi connectivity index (χ0) is 18.9. The fraction of sp³-hybridized carbons (Fsp3) is 0.400. The third-order valence-electron chi connectivity index (χ3n) is 4.47. The predicted molar refractivity (Wildman–Crippen MR) is 101 cm³/mol. The van der Waals surface area contributed by atoms with Crippen LogP contribution in [0.25, 0.3) is 0 Å². The number of hydrogen-bond acceptors (Lipinski definition) is 5. The van der Waals surface area contributed by atoms with Gasteiger partial charge in [-0.25, -0.2) is 0 Å². The molecule has 138 valence electrons. The summed E-state index contributed by atoms with van der Waals surface area (Å²) in [4.78, 5) is 26.8. The first-order chi connectivity index (χ1) is 12.3. The third kappa shape index (κ3) is 3.90. The van der Waals surface area contributed by atoms with Crippen LogP contribution in [-0.4, -0.2) is 18.5 Å². The highest BCUT2D eigenvalue weighted by atomic mass is 32.1. The van der Waals surface area contributed by atoms with Crippen molar-refractivity contribution in [2.45, 2.75) is 46.1 Å². The van der Waals surface area contributed by atoms with E-state index in [1.54, 1.807) is 11.3 Å². The summed E-state index contributed by atoms with van der Waals surface area (Å²) >= 11 is 1.61. The third-order valence-corrected chi connectivity index (χ3v) is 5.43. The van der Waals surface area contributed by atoms with E-state index in [-0.39, 0.29) is 31.3 Å². The number of carbonyl (C=O) groups excluding carboxylic acids is 2. The van der Waals surface area contributed by atoms with E-state index < -0.39 is 5.54 Å². The smallest absolute Gasteiger partial charge is 0.231 e. The number of hydrogen-bond donors (Lipinski definition) is 1. The van der Waals surface area contributed by atoms with E-state index in [0.717, 1.165) is 20.9 Å². The lowest BCUT2D eigenvalue weighted by atomic mass is 9.93. The van der Waals surface area contributed by atoms with Gasteiger partial charge in [-0.05, 0) is 51.5 Å². The average Bonchev–Trinajstić information content (AvgIpc) is 3.17. The number of fused-ring (bicyclic) bond motifs is 1. The maximum atomic E-state index is 12.4. The molecule has 2 aromatic rings. The predicted octanol–water partition coefficient (Wildman–Crippen LogP) is 4.11. The standard InChI is InChI=1S/C20H23NO4S/c1-12-9-15(13(2)26-12)16(22)6-8-19(23)21-20(3,4)14-5-7-17-18(10-14)25-11-24-17/h5,7,9-10H,6,8,11H2,1-4H3,(H,21,23). The Morgan fingerprint density at radius 2 is 1.85 bits per heavy atom. The van der Waals surface area contributed by atoms with Crippen molar-refractivity contribution < 1.29 is 19.1 Å². The summed E-state index contributed by atoms with van der Waals surface area (Å²) in [7, 11) is 0. The molecule has 5 nitrogen and oxygen atoms in total. The fourth-order valence-corrected chi connectivity index (χ4v) is 3.98. The first-order valence-electron chi connectivity index (χ1n) is 8.57. The first-order valence-corrected chi connectivity index (χ1v) is 9.39. The molecule has 0 radical (unpaired) electrons. The van der Waals surface area contributed by atoms with Crippen molar-refractivity contribution in [3.05, 3.63) is 45.1 Å². The van der Waals surface area contributed by atoms with Crippen molar-refractivity contribution in [1.82, 2.24) is 5.32 Å². The van der Waals surface area contributed by atoms with E-state index >= 15 is 0 Å². The number of aryl methyl sites for hydroxylation is 2. The van der Waals surface area contributed by atoms with Crippen molar-refractivity contribution in [3.63, 3.8) is 0 Å². The van der Waals surface area contributed by atoms with Crippen LogP contribution < -0.4 is 14.8 Å². The Balaban J connectivity index is 1.60. The van der Waals surface area contributed by atoms with Crippen LogP contribution >= 0.6 is 11.3 Å². The van der Waals surface area contributed by atoms with Gasteiger partial charge in [0.25, 0.3) is 0 Å². The highest BCUT2D eigenvalue weighted by Gasteiger charge is 2.26. The van der Waals surface area contributed by atoms with Crippen molar-refractivity contribution in [2.24, 2.45) is 0 Å². The van der Waals surface area contributed by atoms with E-state index in [4.69, 9.17) is 9.47 Å². The molecule has 0 aliphatic carbocycles. The van der Waals surface area contributed by atoms with E-state index in [0.29, 0.717) is 11.5 Å². The lowest BCUT2D eigenvalue weighted by Crippen LogP contribution is -2.41. The van der Waals surface area contributed by atoms with Gasteiger partial charge in [-0.15, -0.1) is 11.3 Å². The number of nitrogens with one attached hydrogen (secondary N) is 1. The molecule has 1 aliphatic heterocycles. The molecule has 1 N–H and O–H groups in total. The van der Waals surface area contributed by atoms with Crippen LogP contribution in [0.4, 0.5) is 0 Å². The quantitative estimate of drug-likeness (QED) is 0.774. The lowest BCUT2D eigenvalue weighted by molar-refractivity contribution is -0.122. The molecular formula is C20H23NO4S. The van der Waals surface area contributed by atoms with Crippen LogP contribution in [0, 0.1) is 13.8 Å². The first kappa shape index (κ1) is 18.5. The SMILES string of the molecule is Cc1cc(C(=O)CCC(=O)NC(C)(C)c2ccc3c(c2)OCO3)c(C)s1. The van der Waals surface area contributed by atoms with Gasteiger partial charge in [0, 0.05) is 28.2 Å². The summed E-state index contributed by atoms with van der Waals surface area (Å²) in [5, 5.41) is 3.01. The maximum Gasteiger partial charge on any atom is 0.231 e. The molecule has 6 heteroatoms. The number of ether oxygens (including phenoxy) is 2. The number of rotatable bonds is 6. The molecule has 0 spiro atoms. The number of ketones is 1. The molecule has 26 heavy (non-hydrogen) atoms. The average molecular weight is 373 g/mol. The lowest BCUT2D eigenvalue weighted by Gasteiger charge is -2.27. The molecule has 0 fully saturated rings.